The van der Waals surface area contributed by atoms with E-state index in [-0.39, 0.29) is 17.6 Å². The molecule has 0 saturated carbocycles. The number of nitrogens with one attached hydrogen (secondary N) is 1. The van der Waals surface area contributed by atoms with Crippen molar-refractivity contribution in [3.8, 4) is 0 Å². The van der Waals surface area contributed by atoms with Gasteiger partial charge in [-0.2, -0.15) is 0 Å². The molecule has 0 spiro atoms. The summed E-state index contributed by atoms with van der Waals surface area (Å²) in [6.45, 7) is 6.78. The van der Waals surface area contributed by atoms with Gasteiger partial charge < -0.3 is 10.2 Å². The topological polar surface area (TPSA) is 49.4 Å². The number of hydrogen-bond donors (Lipinski definition) is 1. The number of carbonyl (C=O) groups excluding carboxylic acids is 2. The summed E-state index contributed by atoms with van der Waals surface area (Å²) < 4.78 is 0. The molecule has 30 heavy (non-hydrogen) atoms. The molecular weight excluding hydrogens is 439 g/mol. The van der Waals surface area contributed by atoms with E-state index in [0.29, 0.717) is 35.3 Å². The molecule has 2 rings (SSSR count). The van der Waals surface area contributed by atoms with Crippen LogP contribution >= 0.6 is 35.0 Å². The van der Waals surface area contributed by atoms with Crippen molar-refractivity contribution >= 4 is 46.8 Å². The Bertz CT molecular complexity index is 876. The molecular formula is C23H28Cl2N2O2S. The lowest BCUT2D eigenvalue weighted by atomic mass is 10.1. The van der Waals surface area contributed by atoms with Crippen LogP contribution in [0.1, 0.15) is 37.0 Å². The Morgan fingerprint density at radius 1 is 1.10 bits per heavy atom. The van der Waals surface area contributed by atoms with Crippen LogP contribution in [-0.4, -0.2) is 35.1 Å². The third kappa shape index (κ3) is 6.93. The number of rotatable bonds is 10. The van der Waals surface area contributed by atoms with Crippen LogP contribution in [0.25, 0.3) is 0 Å². The number of likely N-dealkylation sites (N-methyl/N-ethyl adjacent to an activating group) is 1. The molecule has 0 saturated heterocycles. The zero-order valence-electron chi connectivity index (χ0n) is 17.6. The molecule has 7 heteroatoms. The average molecular weight is 467 g/mol. The predicted molar refractivity (Wildman–Crippen MR) is 127 cm³/mol. The van der Waals surface area contributed by atoms with Gasteiger partial charge in [-0.15, -0.1) is 11.8 Å². The van der Waals surface area contributed by atoms with Gasteiger partial charge in [-0.1, -0.05) is 60.5 Å². The Morgan fingerprint density at radius 3 is 2.47 bits per heavy atom. The summed E-state index contributed by atoms with van der Waals surface area (Å²) in [4.78, 5) is 27.5. The summed E-state index contributed by atoms with van der Waals surface area (Å²) in [5.74, 6) is 0.749. The van der Waals surface area contributed by atoms with Gasteiger partial charge in [0.2, 0.25) is 11.8 Å². The SMILES string of the molecule is CCNC(=O)[C@@H](CC)N(Cc1ccccc1C)C(=O)CSCc1ccc(Cl)c(Cl)c1. The van der Waals surface area contributed by atoms with Gasteiger partial charge in [0.1, 0.15) is 6.04 Å². The van der Waals surface area contributed by atoms with E-state index < -0.39 is 6.04 Å². The molecule has 1 N–H and O–H groups in total. The standard InChI is InChI=1S/C23H28Cl2N2O2S/c1-4-21(23(29)26-5-2)27(13-18-9-7-6-8-16(18)3)22(28)15-30-14-17-10-11-19(24)20(25)12-17/h6-12,21H,4-5,13-15H2,1-3H3,(H,26,29)/t21-/m1/s1. The summed E-state index contributed by atoms with van der Waals surface area (Å²) in [7, 11) is 0. The maximum atomic E-state index is 13.2. The van der Waals surface area contributed by atoms with E-state index in [1.807, 2.05) is 57.2 Å². The molecule has 2 amide bonds. The molecule has 162 valence electrons. The number of benzene rings is 2. The van der Waals surface area contributed by atoms with Gasteiger partial charge in [0, 0.05) is 18.8 Å². The van der Waals surface area contributed by atoms with Crippen LogP contribution in [0.5, 0.6) is 0 Å². The molecule has 0 bridgehead atoms. The highest BCUT2D eigenvalue weighted by Crippen LogP contribution is 2.25. The number of halogens is 2. The molecule has 2 aromatic carbocycles. The Hall–Kier alpha value is -1.69. The van der Waals surface area contributed by atoms with E-state index in [1.54, 1.807) is 11.0 Å². The highest BCUT2D eigenvalue weighted by atomic mass is 35.5. The summed E-state index contributed by atoms with van der Waals surface area (Å²) in [5, 5.41) is 3.88. The number of amides is 2. The molecule has 0 aliphatic heterocycles. The highest BCUT2D eigenvalue weighted by molar-refractivity contribution is 7.99. The van der Waals surface area contributed by atoms with E-state index in [9.17, 15) is 9.59 Å². The summed E-state index contributed by atoms with van der Waals surface area (Å²) >= 11 is 13.5. The first-order valence-corrected chi connectivity index (χ1v) is 11.9. The van der Waals surface area contributed by atoms with Crippen molar-refractivity contribution in [3.63, 3.8) is 0 Å². The third-order valence-corrected chi connectivity index (χ3v) is 6.54. The fourth-order valence-corrected chi connectivity index (χ4v) is 4.33. The average Bonchev–Trinajstić information content (AvgIpc) is 2.72. The van der Waals surface area contributed by atoms with Crippen molar-refractivity contribution in [1.82, 2.24) is 10.2 Å². The Morgan fingerprint density at radius 2 is 1.83 bits per heavy atom. The first kappa shape index (κ1) is 24.6. The number of aryl methyl sites for hydroxylation is 1. The van der Waals surface area contributed by atoms with Crippen molar-refractivity contribution in [1.29, 1.82) is 0 Å². The van der Waals surface area contributed by atoms with E-state index in [4.69, 9.17) is 23.2 Å². The zero-order valence-corrected chi connectivity index (χ0v) is 19.9. The molecule has 4 nitrogen and oxygen atoms in total. The van der Waals surface area contributed by atoms with E-state index >= 15 is 0 Å². The lowest BCUT2D eigenvalue weighted by Gasteiger charge is -2.31. The number of carbonyl (C=O) groups is 2. The highest BCUT2D eigenvalue weighted by Gasteiger charge is 2.28. The smallest absolute Gasteiger partial charge is 0.242 e. The van der Waals surface area contributed by atoms with Crippen LogP contribution in [-0.2, 0) is 21.9 Å². The largest absolute Gasteiger partial charge is 0.355 e. The normalized spacial score (nSPS) is 11.8. The van der Waals surface area contributed by atoms with Gasteiger partial charge in [-0.3, -0.25) is 9.59 Å². The summed E-state index contributed by atoms with van der Waals surface area (Å²) in [5.41, 5.74) is 3.15. The molecule has 0 aliphatic carbocycles. The second-order valence-electron chi connectivity index (χ2n) is 7.01. The summed E-state index contributed by atoms with van der Waals surface area (Å²) in [6.07, 6.45) is 0.556. The monoisotopic (exact) mass is 466 g/mol. The third-order valence-electron chi connectivity index (χ3n) is 4.82. The van der Waals surface area contributed by atoms with Gasteiger partial charge in [0.15, 0.2) is 0 Å². The fraction of sp³-hybridized carbons (Fsp3) is 0.391. The molecule has 0 aromatic heterocycles. The molecule has 0 heterocycles. The van der Waals surface area contributed by atoms with Gasteiger partial charge in [0.05, 0.1) is 15.8 Å². The molecule has 0 fully saturated rings. The van der Waals surface area contributed by atoms with E-state index in [0.717, 1.165) is 16.7 Å². The second kappa shape index (κ2) is 12.2. The van der Waals surface area contributed by atoms with E-state index in [2.05, 4.69) is 5.32 Å². The molecule has 0 radical (unpaired) electrons. The van der Waals surface area contributed by atoms with Crippen molar-refractivity contribution in [3.05, 3.63) is 69.2 Å². The maximum absolute atomic E-state index is 13.2. The predicted octanol–water partition coefficient (Wildman–Crippen LogP) is 5.48. The van der Waals surface area contributed by atoms with Crippen LogP contribution < -0.4 is 5.32 Å². The molecule has 1 atom stereocenters. The maximum Gasteiger partial charge on any atom is 0.242 e. The van der Waals surface area contributed by atoms with E-state index in [1.165, 1.54) is 11.8 Å². The van der Waals surface area contributed by atoms with Crippen molar-refractivity contribution in [2.24, 2.45) is 0 Å². The zero-order chi connectivity index (χ0) is 22.1. The Labute approximate surface area is 193 Å². The molecule has 0 aliphatic rings. The van der Waals surface area contributed by atoms with Crippen LogP contribution in [0.4, 0.5) is 0 Å². The van der Waals surface area contributed by atoms with Gasteiger partial charge in [-0.25, -0.2) is 0 Å². The van der Waals surface area contributed by atoms with Crippen LogP contribution in [0, 0.1) is 6.92 Å². The first-order chi connectivity index (χ1) is 14.4. The second-order valence-corrected chi connectivity index (χ2v) is 8.81. The minimum absolute atomic E-state index is 0.0542. The Kier molecular flexibility index (Phi) is 10.0. The van der Waals surface area contributed by atoms with Gasteiger partial charge in [-0.05, 0) is 49.1 Å². The quantitative estimate of drug-likeness (QED) is 0.504. The Balaban J connectivity index is 2.13. The van der Waals surface area contributed by atoms with Crippen molar-refractivity contribution in [2.75, 3.05) is 12.3 Å². The lowest BCUT2D eigenvalue weighted by molar-refractivity contribution is -0.139. The van der Waals surface area contributed by atoms with Crippen molar-refractivity contribution in [2.45, 2.75) is 45.5 Å². The van der Waals surface area contributed by atoms with Crippen LogP contribution in [0.15, 0.2) is 42.5 Å². The van der Waals surface area contributed by atoms with Gasteiger partial charge >= 0.3 is 0 Å². The molecule has 2 aromatic rings. The first-order valence-electron chi connectivity index (χ1n) is 10.0. The number of thioether (sulfide) groups is 1. The lowest BCUT2D eigenvalue weighted by Crippen LogP contribution is -2.49. The summed E-state index contributed by atoms with van der Waals surface area (Å²) in [6, 6.07) is 12.9. The molecule has 0 unspecified atom stereocenters. The minimum atomic E-state index is -0.498. The van der Waals surface area contributed by atoms with Crippen molar-refractivity contribution < 1.29 is 9.59 Å². The fourth-order valence-electron chi connectivity index (χ4n) is 3.15. The minimum Gasteiger partial charge on any atom is -0.355 e. The van der Waals surface area contributed by atoms with Crippen LogP contribution in [0.2, 0.25) is 10.0 Å². The number of nitrogens with zero attached hydrogens (tertiary/aromatic N) is 1. The van der Waals surface area contributed by atoms with Crippen LogP contribution in [0.3, 0.4) is 0 Å². The number of hydrogen-bond acceptors (Lipinski definition) is 3. The van der Waals surface area contributed by atoms with Gasteiger partial charge in [0.25, 0.3) is 0 Å².